The van der Waals surface area contributed by atoms with Crippen molar-refractivity contribution < 1.29 is 9.18 Å². The van der Waals surface area contributed by atoms with Crippen molar-refractivity contribution in [1.29, 1.82) is 0 Å². The molecule has 138 valence electrons. The predicted octanol–water partition coefficient (Wildman–Crippen LogP) is 4.69. The number of aryl methyl sites for hydroxylation is 1. The first-order valence-corrected chi connectivity index (χ1v) is 9.00. The highest BCUT2D eigenvalue weighted by atomic mass is 19.1. The van der Waals surface area contributed by atoms with Crippen molar-refractivity contribution in [3.63, 3.8) is 0 Å². The van der Waals surface area contributed by atoms with Gasteiger partial charge in [-0.3, -0.25) is 4.79 Å². The van der Waals surface area contributed by atoms with Crippen LogP contribution in [0, 0.1) is 5.82 Å². The topological polar surface area (TPSA) is 54.0 Å². The Bertz CT molecular complexity index is 909. The minimum atomic E-state index is -0.202. The predicted molar refractivity (Wildman–Crippen MR) is 107 cm³/mol. The number of rotatable bonds is 7. The molecule has 3 rings (SSSR count). The van der Waals surface area contributed by atoms with E-state index in [0.29, 0.717) is 29.9 Å². The molecule has 0 fully saturated rings. The first-order chi connectivity index (χ1) is 13.2. The molecule has 2 N–H and O–H groups in total. The lowest BCUT2D eigenvalue weighted by atomic mass is 10.1. The van der Waals surface area contributed by atoms with Crippen molar-refractivity contribution in [2.75, 3.05) is 17.2 Å². The van der Waals surface area contributed by atoms with Gasteiger partial charge in [-0.25, -0.2) is 9.37 Å². The molecule has 5 heteroatoms. The van der Waals surface area contributed by atoms with Crippen molar-refractivity contribution in [3.05, 3.63) is 89.4 Å². The lowest BCUT2D eigenvalue weighted by Gasteiger charge is -2.10. The quantitative estimate of drug-likeness (QED) is 0.640. The van der Waals surface area contributed by atoms with Gasteiger partial charge in [0.05, 0.1) is 5.56 Å². The van der Waals surface area contributed by atoms with E-state index in [1.54, 1.807) is 24.3 Å². The highest BCUT2D eigenvalue weighted by molar-refractivity contribution is 6.04. The fraction of sp³-hybridized carbons (Fsp3) is 0.182. The van der Waals surface area contributed by atoms with Crippen molar-refractivity contribution in [3.8, 4) is 0 Å². The highest BCUT2D eigenvalue weighted by Crippen LogP contribution is 2.17. The maximum Gasteiger partial charge on any atom is 0.257 e. The maximum absolute atomic E-state index is 13.6. The van der Waals surface area contributed by atoms with Crippen LogP contribution in [0.3, 0.4) is 0 Å². The molecule has 0 spiro atoms. The Hall–Kier alpha value is -3.21. The molecule has 0 unspecified atom stereocenters. The van der Waals surface area contributed by atoms with Crippen LogP contribution in [0.1, 0.15) is 28.4 Å². The van der Waals surface area contributed by atoms with E-state index in [4.69, 9.17) is 0 Å². The second kappa shape index (κ2) is 8.94. The van der Waals surface area contributed by atoms with Crippen LogP contribution in [0.15, 0.2) is 66.9 Å². The Morgan fingerprint density at radius 3 is 2.44 bits per heavy atom. The number of para-hydroxylation sites is 1. The number of anilines is 2. The number of carbonyl (C=O) groups is 1. The summed E-state index contributed by atoms with van der Waals surface area (Å²) >= 11 is 0. The van der Waals surface area contributed by atoms with Gasteiger partial charge in [-0.1, -0.05) is 43.3 Å². The molecule has 27 heavy (non-hydrogen) atoms. The molecule has 1 amide bonds. The van der Waals surface area contributed by atoms with Crippen molar-refractivity contribution in [2.45, 2.75) is 19.8 Å². The van der Waals surface area contributed by atoms with Crippen LogP contribution in [0.25, 0.3) is 0 Å². The minimum absolute atomic E-state index is 0.193. The molecule has 0 aliphatic heterocycles. The highest BCUT2D eigenvalue weighted by Gasteiger charge is 2.09. The van der Waals surface area contributed by atoms with Crippen LogP contribution in [0.4, 0.5) is 15.9 Å². The largest absolute Gasteiger partial charge is 0.370 e. The van der Waals surface area contributed by atoms with Crippen LogP contribution in [-0.4, -0.2) is 17.4 Å². The average Bonchev–Trinajstić information content (AvgIpc) is 2.70. The smallest absolute Gasteiger partial charge is 0.257 e. The molecular weight excluding hydrogens is 341 g/mol. The molecule has 2 aromatic carbocycles. The summed E-state index contributed by atoms with van der Waals surface area (Å²) in [6, 6.07) is 17.9. The molecule has 0 saturated heterocycles. The third-order valence-corrected chi connectivity index (χ3v) is 4.33. The number of aromatic nitrogens is 1. The number of halogens is 1. The van der Waals surface area contributed by atoms with E-state index in [9.17, 15) is 9.18 Å². The summed E-state index contributed by atoms with van der Waals surface area (Å²) in [5.41, 5.74) is 3.05. The second-order valence-electron chi connectivity index (χ2n) is 6.17. The lowest BCUT2D eigenvalue weighted by Crippen LogP contribution is -2.14. The van der Waals surface area contributed by atoms with Gasteiger partial charge in [0.15, 0.2) is 0 Å². The van der Waals surface area contributed by atoms with Gasteiger partial charge in [-0.2, -0.15) is 0 Å². The maximum atomic E-state index is 13.6. The normalized spacial score (nSPS) is 10.4. The van der Waals surface area contributed by atoms with Crippen LogP contribution >= 0.6 is 0 Å². The van der Waals surface area contributed by atoms with Gasteiger partial charge in [0, 0.05) is 18.4 Å². The first-order valence-electron chi connectivity index (χ1n) is 9.00. The molecule has 0 bridgehead atoms. The molecule has 1 aromatic heterocycles. The zero-order valence-electron chi connectivity index (χ0n) is 15.2. The molecule has 0 atom stereocenters. The minimum Gasteiger partial charge on any atom is -0.370 e. The van der Waals surface area contributed by atoms with E-state index >= 15 is 0 Å². The van der Waals surface area contributed by atoms with Crippen LogP contribution in [-0.2, 0) is 12.8 Å². The third kappa shape index (κ3) is 4.91. The summed E-state index contributed by atoms with van der Waals surface area (Å²) in [6.45, 7) is 2.61. The fourth-order valence-corrected chi connectivity index (χ4v) is 2.80. The Morgan fingerprint density at radius 2 is 1.74 bits per heavy atom. The number of pyridine rings is 1. The van der Waals surface area contributed by atoms with Crippen molar-refractivity contribution in [2.24, 2.45) is 0 Å². The Labute approximate surface area is 158 Å². The number of hydrogen-bond acceptors (Lipinski definition) is 3. The number of hydrogen-bond donors (Lipinski definition) is 2. The number of carbonyl (C=O) groups excluding carboxylic acids is 1. The van der Waals surface area contributed by atoms with Gasteiger partial charge in [0.1, 0.15) is 11.6 Å². The standard InChI is InChI=1S/C22H22FN3O/c1-2-16-7-4-6-10-20(16)26-22(27)18-11-12-21(25-15-18)24-14-13-17-8-3-5-9-19(17)23/h3-12,15H,2,13-14H2,1H3,(H,24,25)(H,26,27). The summed E-state index contributed by atoms with van der Waals surface area (Å²) in [7, 11) is 0. The van der Waals surface area contributed by atoms with Gasteiger partial charge in [0.25, 0.3) is 5.91 Å². The van der Waals surface area contributed by atoms with Crippen molar-refractivity contribution >= 4 is 17.4 Å². The number of nitrogens with zero attached hydrogens (tertiary/aromatic N) is 1. The molecule has 1 heterocycles. The molecule has 0 radical (unpaired) electrons. The van der Waals surface area contributed by atoms with E-state index in [0.717, 1.165) is 17.7 Å². The van der Waals surface area contributed by atoms with Gasteiger partial charge in [-0.05, 0) is 48.2 Å². The Morgan fingerprint density at radius 1 is 1.00 bits per heavy atom. The zero-order chi connectivity index (χ0) is 19.1. The van der Waals surface area contributed by atoms with E-state index in [1.807, 2.05) is 37.3 Å². The van der Waals surface area contributed by atoms with E-state index in [2.05, 4.69) is 15.6 Å². The number of amides is 1. The summed E-state index contributed by atoms with van der Waals surface area (Å²) in [5.74, 6) is 0.254. The van der Waals surface area contributed by atoms with Crippen LogP contribution < -0.4 is 10.6 Å². The summed E-state index contributed by atoms with van der Waals surface area (Å²) in [6.07, 6.45) is 2.94. The fourth-order valence-electron chi connectivity index (χ4n) is 2.80. The molecular formula is C22H22FN3O. The summed E-state index contributed by atoms with van der Waals surface area (Å²) < 4.78 is 13.6. The SMILES string of the molecule is CCc1ccccc1NC(=O)c1ccc(NCCc2ccccc2F)nc1. The van der Waals surface area contributed by atoms with E-state index < -0.39 is 0 Å². The van der Waals surface area contributed by atoms with E-state index in [1.165, 1.54) is 12.3 Å². The van der Waals surface area contributed by atoms with Gasteiger partial charge in [-0.15, -0.1) is 0 Å². The Kier molecular flexibility index (Phi) is 6.15. The van der Waals surface area contributed by atoms with Crippen LogP contribution in [0.2, 0.25) is 0 Å². The van der Waals surface area contributed by atoms with Crippen LogP contribution in [0.5, 0.6) is 0 Å². The molecule has 0 aliphatic rings. The summed E-state index contributed by atoms with van der Waals surface area (Å²) in [5, 5.41) is 6.07. The molecule has 4 nitrogen and oxygen atoms in total. The monoisotopic (exact) mass is 363 g/mol. The summed E-state index contributed by atoms with van der Waals surface area (Å²) in [4.78, 5) is 16.7. The van der Waals surface area contributed by atoms with Gasteiger partial charge >= 0.3 is 0 Å². The number of nitrogens with one attached hydrogen (secondary N) is 2. The molecule has 0 aliphatic carbocycles. The third-order valence-electron chi connectivity index (χ3n) is 4.33. The zero-order valence-corrected chi connectivity index (χ0v) is 15.2. The average molecular weight is 363 g/mol. The van der Waals surface area contributed by atoms with Crippen molar-refractivity contribution in [1.82, 2.24) is 4.98 Å². The number of benzene rings is 2. The Balaban J connectivity index is 1.56. The second-order valence-corrected chi connectivity index (χ2v) is 6.17. The van der Waals surface area contributed by atoms with Gasteiger partial charge in [0.2, 0.25) is 0 Å². The van der Waals surface area contributed by atoms with Gasteiger partial charge < -0.3 is 10.6 Å². The first kappa shape index (κ1) is 18.6. The van der Waals surface area contributed by atoms with E-state index in [-0.39, 0.29) is 11.7 Å². The molecule has 3 aromatic rings. The lowest BCUT2D eigenvalue weighted by molar-refractivity contribution is 0.102. The molecule has 0 saturated carbocycles.